The largest absolute Gasteiger partial charge is 0.480 e. The fraction of sp³-hybridized carbons (Fsp3) is 0.692. The number of imidazole rings is 1. The van der Waals surface area contributed by atoms with Crippen LogP contribution in [0.3, 0.4) is 0 Å². The van der Waals surface area contributed by atoms with Crippen LogP contribution in [0.4, 0.5) is 0 Å². The van der Waals surface area contributed by atoms with E-state index >= 15 is 0 Å². The van der Waals surface area contributed by atoms with Crippen molar-refractivity contribution in [3.8, 4) is 0 Å². The number of hydrogen-bond donors (Lipinski definition) is 3. The van der Waals surface area contributed by atoms with Gasteiger partial charge in [0.1, 0.15) is 6.04 Å². The molecule has 3 N–H and O–H groups in total. The lowest BCUT2D eigenvalue weighted by molar-refractivity contribution is -0.139. The molecule has 0 radical (unpaired) electrons. The molecule has 1 unspecified atom stereocenters. The molecule has 1 atom stereocenters. The minimum atomic E-state index is -0.902. The standard InChI is InChI=1S/C13H23N3O5/c1-19-4-5-21-7-6-20-3-2-15-12(13(17)18)8-11-9-14-10-16-11/h9-10,12,15H,2-8H2,1H3,(H,14,16)(H,17,18). The van der Waals surface area contributed by atoms with Crippen LogP contribution in [0.5, 0.6) is 0 Å². The molecule has 0 amide bonds. The first-order valence-electron chi connectivity index (χ1n) is 6.82. The fourth-order valence-corrected chi connectivity index (χ4v) is 1.63. The number of carboxylic acids is 1. The average molecular weight is 301 g/mol. The van der Waals surface area contributed by atoms with Crippen molar-refractivity contribution in [1.82, 2.24) is 15.3 Å². The van der Waals surface area contributed by atoms with E-state index in [9.17, 15) is 4.79 Å². The third-order valence-electron chi connectivity index (χ3n) is 2.71. The molecule has 1 aromatic heterocycles. The number of aromatic nitrogens is 2. The van der Waals surface area contributed by atoms with Crippen molar-refractivity contribution in [2.45, 2.75) is 12.5 Å². The molecule has 1 rings (SSSR count). The Balaban J connectivity index is 2.04. The van der Waals surface area contributed by atoms with Crippen LogP contribution in [0.2, 0.25) is 0 Å². The summed E-state index contributed by atoms with van der Waals surface area (Å²) in [4.78, 5) is 17.9. The van der Waals surface area contributed by atoms with Crippen LogP contribution in [-0.4, -0.2) is 73.8 Å². The lowest BCUT2D eigenvalue weighted by Crippen LogP contribution is -2.40. The smallest absolute Gasteiger partial charge is 0.321 e. The summed E-state index contributed by atoms with van der Waals surface area (Å²) < 4.78 is 15.4. The molecule has 0 aromatic carbocycles. The van der Waals surface area contributed by atoms with E-state index in [0.717, 1.165) is 0 Å². The topological polar surface area (TPSA) is 106 Å². The maximum absolute atomic E-state index is 11.1. The SMILES string of the molecule is COCCOCCOCCNC(Cc1c[nH]cn1)C(=O)O. The van der Waals surface area contributed by atoms with Crippen molar-refractivity contribution in [2.75, 3.05) is 46.7 Å². The van der Waals surface area contributed by atoms with Gasteiger partial charge in [0.25, 0.3) is 0 Å². The highest BCUT2D eigenvalue weighted by atomic mass is 16.5. The maximum Gasteiger partial charge on any atom is 0.321 e. The minimum absolute atomic E-state index is 0.332. The highest BCUT2D eigenvalue weighted by molar-refractivity contribution is 5.73. The number of nitrogens with one attached hydrogen (secondary N) is 2. The number of aromatic amines is 1. The average Bonchev–Trinajstić information content (AvgIpc) is 2.97. The second-order valence-electron chi connectivity index (χ2n) is 4.33. The van der Waals surface area contributed by atoms with E-state index in [1.165, 1.54) is 6.33 Å². The molecule has 21 heavy (non-hydrogen) atoms. The Bertz CT molecular complexity index is 372. The Labute approximate surface area is 123 Å². The molecular formula is C13H23N3O5. The molecule has 0 spiro atoms. The normalized spacial score (nSPS) is 12.4. The number of nitrogens with zero attached hydrogens (tertiary/aromatic N) is 1. The van der Waals surface area contributed by atoms with Gasteiger partial charge in [-0.15, -0.1) is 0 Å². The maximum atomic E-state index is 11.1. The molecule has 0 bridgehead atoms. The third-order valence-corrected chi connectivity index (χ3v) is 2.71. The molecule has 120 valence electrons. The number of H-pyrrole nitrogens is 1. The number of carbonyl (C=O) groups is 1. The first-order chi connectivity index (χ1) is 10.2. The fourth-order valence-electron chi connectivity index (χ4n) is 1.63. The van der Waals surface area contributed by atoms with Crippen LogP contribution >= 0.6 is 0 Å². The first-order valence-corrected chi connectivity index (χ1v) is 6.82. The summed E-state index contributed by atoms with van der Waals surface area (Å²) >= 11 is 0. The van der Waals surface area contributed by atoms with Gasteiger partial charge < -0.3 is 29.6 Å². The van der Waals surface area contributed by atoms with Gasteiger partial charge in [0.05, 0.1) is 45.1 Å². The number of ether oxygens (including phenoxy) is 3. The van der Waals surface area contributed by atoms with Crippen molar-refractivity contribution in [3.05, 3.63) is 18.2 Å². The highest BCUT2D eigenvalue weighted by Crippen LogP contribution is 1.98. The number of hydrogen-bond acceptors (Lipinski definition) is 6. The predicted molar refractivity (Wildman–Crippen MR) is 75.2 cm³/mol. The summed E-state index contributed by atoms with van der Waals surface area (Å²) in [5, 5.41) is 12.1. The summed E-state index contributed by atoms with van der Waals surface area (Å²) in [6.07, 6.45) is 3.55. The molecule has 1 heterocycles. The Hall–Kier alpha value is -1.48. The molecule has 1 aromatic rings. The van der Waals surface area contributed by atoms with E-state index < -0.39 is 12.0 Å². The molecule has 0 aliphatic rings. The van der Waals surface area contributed by atoms with Crippen molar-refractivity contribution in [2.24, 2.45) is 0 Å². The van der Waals surface area contributed by atoms with Crippen molar-refractivity contribution >= 4 is 5.97 Å². The molecule has 0 aliphatic carbocycles. The molecule has 0 fully saturated rings. The van der Waals surface area contributed by atoms with Gasteiger partial charge in [0.15, 0.2) is 0 Å². The molecular weight excluding hydrogens is 278 g/mol. The summed E-state index contributed by atoms with van der Waals surface area (Å²) in [5.41, 5.74) is 0.711. The third kappa shape index (κ3) is 8.41. The lowest BCUT2D eigenvalue weighted by Gasteiger charge is -2.13. The zero-order valence-corrected chi connectivity index (χ0v) is 12.2. The summed E-state index contributed by atoms with van der Waals surface area (Å²) in [7, 11) is 1.62. The Morgan fingerprint density at radius 1 is 1.33 bits per heavy atom. The van der Waals surface area contributed by atoms with Gasteiger partial charge >= 0.3 is 5.97 Å². The van der Waals surface area contributed by atoms with Gasteiger partial charge in [-0.25, -0.2) is 4.98 Å². The van der Waals surface area contributed by atoms with Crippen LogP contribution in [0, 0.1) is 0 Å². The monoisotopic (exact) mass is 301 g/mol. The van der Waals surface area contributed by atoms with Crippen LogP contribution in [0.1, 0.15) is 5.69 Å². The van der Waals surface area contributed by atoms with Crippen molar-refractivity contribution < 1.29 is 24.1 Å². The number of methoxy groups -OCH3 is 1. The Morgan fingerprint density at radius 3 is 2.67 bits per heavy atom. The van der Waals surface area contributed by atoms with Gasteiger partial charge in [0, 0.05) is 26.3 Å². The highest BCUT2D eigenvalue weighted by Gasteiger charge is 2.17. The van der Waals surface area contributed by atoms with E-state index in [1.807, 2.05) is 0 Å². The second-order valence-corrected chi connectivity index (χ2v) is 4.33. The zero-order valence-electron chi connectivity index (χ0n) is 12.2. The van der Waals surface area contributed by atoms with Crippen LogP contribution in [0.15, 0.2) is 12.5 Å². The lowest BCUT2D eigenvalue weighted by atomic mass is 10.1. The summed E-state index contributed by atoms with van der Waals surface area (Å²) in [6, 6.07) is -0.671. The van der Waals surface area contributed by atoms with Gasteiger partial charge in [-0.05, 0) is 0 Å². The van der Waals surface area contributed by atoms with Gasteiger partial charge in [-0.3, -0.25) is 4.79 Å². The zero-order chi connectivity index (χ0) is 15.3. The predicted octanol–water partition coefficient (Wildman–Crippen LogP) is -0.325. The van der Waals surface area contributed by atoms with Gasteiger partial charge in [-0.2, -0.15) is 0 Å². The van der Waals surface area contributed by atoms with E-state index in [0.29, 0.717) is 51.7 Å². The van der Waals surface area contributed by atoms with Gasteiger partial charge in [0.2, 0.25) is 0 Å². The van der Waals surface area contributed by atoms with E-state index in [4.69, 9.17) is 19.3 Å². The van der Waals surface area contributed by atoms with E-state index in [1.54, 1.807) is 13.3 Å². The van der Waals surface area contributed by atoms with Crippen LogP contribution in [-0.2, 0) is 25.4 Å². The molecule has 8 heteroatoms. The van der Waals surface area contributed by atoms with Crippen LogP contribution < -0.4 is 5.32 Å². The minimum Gasteiger partial charge on any atom is -0.480 e. The summed E-state index contributed by atoms with van der Waals surface area (Å²) in [5.74, 6) is -0.902. The van der Waals surface area contributed by atoms with Crippen molar-refractivity contribution in [3.63, 3.8) is 0 Å². The Morgan fingerprint density at radius 2 is 2.05 bits per heavy atom. The van der Waals surface area contributed by atoms with Crippen LogP contribution in [0.25, 0.3) is 0 Å². The molecule has 0 saturated heterocycles. The summed E-state index contributed by atoms with van der Waals surface area (Å²) in [6.45, 7) is 2.97. The van der Waals surface area contributed by atoms with E-state index in [-0.39, 0.29) is 0 Å². The molecule has 0 aliphatic heterocycles. The quantitative estimate of drug-likeness (QED) is 0.429. The first kappa shape index (κ1) is 17.6. The second kappa shape index (κ2) is 11.2. The Kier molecular flexibility index (Phi) is 9.38. The molecule has 0 saturated carbocycles. The number of carboxylic acid groups (broad SMARTS) is 1. The molecule has 8 nitrogen and oxygen atoms in total. The van der Waals surface area contributed by atoms with E-state index in [2.05, 4.69) is 15.3 Å². The van der Waals surface area contributed by atoms with Crippen molar-refractivity contribution in [1.29, 1.82) is 0 Å². The van der Waals surface area contributed by atoms with Gasteiger partial charge in [-0.1, -0.05) is 0 Å². The number of aliphatic carboxylic acids is 1. The number of rotatable bonds is 13.